The number of fused-ring (bicyclic) bond motifs is 1. The van der Waals surface area contributed by atoms with E-state index >= 15 is 0 Å². The smallest absolute Gasteiger partial charge is 0.266 e. The van der Waals surface area contributed by atoms with Crippen molar-refractivity contribution in [3.8, 4) is 11.4 Å². The third-order valence-electron chi connectivity index (χ3n) is 6.20. The van der Waals surface area contributed by atoms with Crippen LogP contribution in [0.3, 0.4) is 0 Å². The summed E-state index contributed by atoms with van der Waals surface area (Å²) in [6.45, 7) is 6.58. The molecule has 1 N–H and O–H groups in total. The van der Waals surface area contributed by atoms with E-state index in [1.807, 2.05) is 55.7 Å². The zero-order valence-electron chi connectivity index (χ0n) is 20.7. The van der Waals surface area contributed by atoms with Crippen LogP contribution in [-0.4, -0.2) is 38.2 Å². The Morgan fingerprint density at radius 2 is 1.59 bits per heavy atom. The molecule has 0 fully saturated rings. The third kappa shape index (κ3) is 4.65. The predicted molar refractivity (Wildman–Crippen MR) is 144 cm³/mol. The molecule has 0 unspecified atom stereocenters. The second-order valence-corrected chi connectivity index (χ2v) is 9.69. The molecule has 0 saturated carbocycles. The molecule has 37 heavy (non-hydrogen) atoms. The van der Waals surface area contributed by atoms with E-state index < -0.39 is 0 Å². The number of carbonyl (C=O) groups excluding carboxylic acids is 3. The molecular formula is C28H25N5O3S. The van der Waals surface area contributed by atoms with Gasteiger partial charge in [-0.05, 0) is 68.8 Å². The second kappa shape index (κ2) is 10.0. The average Bonchev–Trinajstić information content (AvgIpc) is 3.43. The number of rotatable bonds is 7. The first kappa shape index (κ1) is 24.5. The van der Waals surface area contributed by atoms with E-state index in [0.717, 1.165) is 22.4 Å². The maximum atomic E-state index is 12.8. The summed E-state index contributed by atoms with van der Waals surface area (Å²) >= 11 is 1.32. The van der Waals surface area contributed by atoms with Gasteiger partial charge in [0.15, 0.2) is 11.0 Å². The molecule has 1 aromatic heterocycles. The van der Waals surface area contributed by atoms with Gasteiger partial charge >= 0.3 is 0 Å². The van der Waals surface area contributed by atoms with Crippen LogP contribution in [-0.2, 0) is 11.3 Å². The van der Waals surface area contributed by atoms with Crippen molar-refractivity contribution in [1.82, 2.24) is 14.8 Å². The van der Waals surface area contributed by atoms with Gasteiger partial charge in [-0.1, -0.05) is 41.6 Å². The van der Waals surface area contributed by atoms with Gasteiger partial charge < -0.3 is 9.88 Å². The van der Waals surface area contributed by atoms with E-state index in [0.29, 0.717) is 34.3 Å². The van der Waals surface area contributed by atoms with Crippen LogP contribution in [0.4, 0.5) is 11.4 Å². The third-order valence-corrected chi connectivity index (χ3v) is 7.17. The van der Waals surface area contributed by atoms with Crippen molar-refractivity contribution in [2.24, 2.45) is 0 Å². The predicted octanol–water partition coefficient (Wildman–Crippen LogP) is 5.11. The highest BCUT2D eigenvalue weighted by molar-refractivity contribution is 7.99. The monoisotopic (exact) mass is 511 g/mol. The van der Waals surface area contributed by atoms with Gasteiger partial charge in [0.25, 0.3) is 11.8 Å². The van der Waals surface area contributed by atoms with Crippen molar-refractivity contribution < 1.29 is 14.4 Å². The fourth-order valence-corrected chi connectivity index (χ4v) is 5.15. The molecule has 3 aromatic carbocycles. The Morgan fingerprint density at radius 1 is 0.919 bits per heavy atom. The molecule has 1 aliphatic rings. The van der Waals surface area contributed by atoms with Gasteiger partial charge in [-0.15, -0.1) is 10.2 Å². The average molecular weight is 512 g/mol. The summed E-state index contributed by atoms with van der Waals surface area (Å²) in [5.74, 6) is 0.0679. The van der Waals surface area contributed by atoms with Gasteiger partial charge in [0, 0.05) is 17.8 Å². The summed E-state index contributed by atoms with van der Waals surface area (Å²) in [5, 5.41) is 12.2. The van der Waals surface area contributed by atoms with Crippen molar-refractivity contribution in [2.45, 2.75) is 32.5 Å². The number of nitrogens with one attached hydrogen (secondary N) is 1. The highest BCUT2D eigenvalue weighted by Crippen LogP contribution is 2.31. The lowest BCUT2D eigenvalue weighted by atomic mass is 10.1. The Morgan fingerprint density at radius 3 is 2.22 bits per heavy atom. The molecule has 1 aliphatic heterocycles. The SMILES string of the molecule is CCn1c(SCC(=O)Nc2ccc(C)cc2C)nnc1-c1ccc(N2C(=O)c3ccccc3C2=O)cc1. The largest absolute Gasteiger partial charge is 0.325 e. The summed E-state index contributed by atoms with van der Waals surface area (Å²) in [4.78, 5) is 39.3. The van der Waals surface area contributed by atoms with Crippen LogP contribution in [0.5, 0.6) is 0 Å². The fraction of sp³-hybridized carbons (Fsp3) is 0.179. The minimum absolute atomic E-state index is 0.116. The Balaban J connectivity index is 1.29. The highest BCUT2D eigenvalue weighted by Gasteiger charge is 2.36. The molecule has 0 atom stereocenters. The number of imide groups is 1. The van der Waals surface area contributed by atoms with Crippen LogP contribution >= 0.6 is 11.8 Å². The molecule has 4 aromatic rings. The lowest BCUT2D eigenvalue weighted by molar-refractivity contribution is -0.113. The van der Waals surface area contributed by atoms with Gasteiger partial charge in [-0.2, -0.15) is 0 Å². The number of amides is 3. The molecule has 0 aliphatic carbocycles. The molecule has 3 amide bonds. The summed E-state index contributed by atoms with van der Waals surface area (Å²) in [6, 6.07) is 19.8. The minimum Gasteiger partial charge on any atom is -0.325 e. The van der Waals surface area contributed by atoms with Crippen LogP contribution in [0, 0.1) is 13.8 Å². The van der Waals surface area contributed by atoms with Crippen LogP contribution in [0.25, 0.3) is 11.4 Å². The quantitative estimate of drug-likeness (QED) is 0.273. The van der Waals surface area contributed by atoms with Gasteiger partial charge in [0.1, 0.15) is 0 Å². The number of hydrogen-bond donors (Lipinski definition) is 1. The molecule has 0 spiro atoms. The first-order valence-electron chi connectivity index (χ1n) is 11.9. The van der Waals surface area contributed by atoms with Crippen molar-refractivity contribution in [1.29, 1.82) is 0 Å². The Kier molecular flexibility index (Phi) is 6.62. The van der Waals surface area contributed by atoms with Crippen molar-refractivity contribution in [2.75, 3.05) is 16.0 Å². The van der Waals surface area contributed by atoms with Crippen molar-refractivity contribution in [3.05, 3.63) is 89.0 Å². The molecule has 186 valence electrons. The first-order chi connectivity index (χ1) is 17.9. The van der Waals surface area contributed by atoms with E-state index in [4.69, 9.17) is 0 Å². The molecule has 0 saturated heterocycles. The Bertz CT molecular complexity index is 1490. The van der Waals surface area contributed by atoms with Gasteiger partial charge in [-0.25, -0.2) is 4.90 Å². The maximum absolute atomic E-state index is 12.8. The highest BCUT2D eigenvalue weighted by atomic mass is 32.2. The molecular weight excluding hydrogens is 486 g/mol. The van der Waals surface area contributed by atoms with Crippen molar-refractivity contribution in [3.63, 3.8) is 0 Å². The van der Waals surface area contributed by atoms with E-state index in [-0.39, 0.29) is 23.5 Å². The first-order valence-corrected chi connectivity index (χ1v) is 12.9. The number of carbonyl (C=O) groups is 3. The number of anilines is 2. The lowest BCUT2D eigenvalue weighted by Gasteiger charge is -2.14. The number of aryl methyl sites for hydroxylation is 2. The standard InChI is InChI=1S/C28H25N5O3S/c1-4-32-25(30-31-28(32)37-16-24(34)29-23-14-9-17(2)15-18(23)3)19-10-12-20(13-11-19)33-26(35)21-7-5-6-8-22(21)27(33)36/h5-15H,4,16H2,1-3H3,(H,29,34). The Hall–Kier alpha value is -4.24. The number of thioether (sulfide) groups is 1. The summed E-state index contributed by atoms with van der Waals surface area (Å²) in [7, 11) is 0. The lowest BCUT2D eigenvalue weighted by Crippen LogP contribution is -2.29. The molecule has 5 rings (SSSR count). The zero-order valence-corrected chi connectivity index (χ0v) is 21.5. The van der Waals surface area contributed by atoms with Crippen molar-refractivity contribution >= 4 is 40.9 Å². The maximum Gasteiger partial charge on any atom is 0.266 e. The van der Waals surface area contributed by atoms with Gasteiger partial charge in [0.2, 0.25) is 5.91 Å². The summed E-state index contributed by atoms with van der Waals surface area (Å²) < 4.78 is 1.94. The fourth-order valence-electron chi connectivity index (χ4n) is 4.35. The van der Waals surface area contributed by atoms with E-state index in [2.05, 4.69) is 15.5 Å². The van der Waals surface area contributed by atoms with Gasteiger partial charge in [-0.3, -0.25) is 14.4 Å². The number of benzene rings is 3. The van der Waals surface area contributed by atoms with E-state index in [1.165, 1.54) is 16.7 Å². The molecule has 2 heterocycles. The number of hydrogen-bond acceptors (Lipinski definition) is 6. The van der Waals surface area contributed by atoms with Crippen LogP contribution in [0.2, 0.25) is 0 Å². The topological polar surface area (TPSA) is 97.2 Å². The zero-order chi connectivity index (χ0) is 26.1. The molecule has 9 heteroatoms. The van der Waals surface area contributed by atoms with E-state index in [1.54, 1.807) is 36.4 Å². The molecule has 0 bridgehead atoms. The Labute approximate surface area is 218 Å². The summed E-state index contributed by atoms with van der Waals surface area (Å²) in [5.41, 5.74) is 5.06. The van der Waals surface area contributed by atoms with E-state index in [9.17, 15) is 14.4 Å². The normalized spacial score (nSPS) is 12.7. The summed E-state index contributed by atoms with van der Waals surface area (Å²) in [6.07, 6.45) is 0. The number of nitrogens with zero attached hydrogens (tertiary/aromatic N) is 4. The van der Waals surface area contributed by atoms with Gasteiger partial charge in [0.05, 0.1) is 22.6 Å². The second-order valence-electron chi connectivity index (χ2n) is 8.74. The minimum atomic E-state index is -0.331. The number of aromatic nitrogens is 3. The molecule has 8 nitrogen and oxygen atoms in total. The molecule has 0 radical (unpaired) electrons. The van der Waals surface area contributed by atoms with Crippen LogP contribution in [0.15, 0.2) is 71.9 Å². The van der Waals surface area contributed by atoms with Crippen LogP contribution in [0.1, 0.15) is 38.8 Å². The van der Waals surface area contributed by atoms with Crippen LogP contribution < -0.4 is 10.2 Å².